The molecule has 0 radical (unpaired) electrons. The molecule has 1 heterocycles. The summed E-state index contributed by atoms with van der Waals surface area (Å²) >= 11 is 1.97. The van der Waals surface area contributed by atoms with Gasteiger partial charge in [0.15, 0.2) is 23.1 Å². The minimum Gasteiger partial charge on any atom is -0.504 e. The summed E-state index contributed by atoms with van der Waals surface area (Å²) in [5, 5.41) is 21.6. The van der Waals surface area contributed by atoms with Crippen LogP contribution in [0.4, 0.5) is 11.4 Å². The predicted molar refractivity (Wildman–Crippen MR) is 154 cm³/mol. The van der Waals surface area contributed by atoms with Crippen LogP contribution in [0.1, 0.15) is 31.2 Å². The van der Waals surface area contributed by atoms with Gasteiger partial charge in [0.05, 0.1) is 33.1 Å². The highest BCUT2D eigenvalue weighted by Gasteiger charge is 2.56. The van der Waals surface area contributed by atoms with Crippen LogP contribution in [0, 0.1) is 31.4 Å². The van der Waals surface area contributed by atoms with Crippen LogP contribution in [-0.4, -0.2) is 40.5 Å². The SMILES string of the molecule is COc1cc([C@H]2C3=CC[C@@H]4C(=O)N(c5ccc([N+](=O)[O-])cc5)C(=O)[C@@H]4[C@@H]3CC3=C2C(=O)C=C(C)C3=O)cc(I)c1O. The van der Waals surface area contributed by atoms with Crippen molar-refractivity contribution in [3.63, 3.8) is 0 Å². The van der Waals surface area contributed by atoms with E-state index in [1.807, 2.05) is 28.7 Å². The van der Waals surface area contributed by atoms with Gasteiger partial charge in [0.1, 0.15) is 0 Å². The van der Waals surface area contributed by atoms with Crippen molar-refractivity contribution in [1.82, 2.24) is 0 Å². The summed E-state index contributed by atoms with van der Waals surface area (Å²) in [6.07, 6.45) is 3.63. The van der Waals surface area contributed by atoms with Crippen molar-refractivity contribution < 1.29 is 33.9 Å². The number of aromatic hydroxyl groups is 1. The molecule has 11 heteroatoms. The Morgan fingerprint density at radius 2 is 1.78 bits per heavy atom. The lowest BCUT2D eigenvalue weighted by molar-refractivity contribution is -0.384. The van der Waals surface area contributed by atoms with E-state index in [0.29, 0.717) is 25.9 Å². The zero-order valence-electron chi connectivity index (χ0n) is 21.9. The number of methoxy groups -OCH3 is 1. The first-order valence-corrected chi connectivity index (χ1v) is 14.0. The van der Waals surface area contributed by atoms with Gasteiger partial charge in [-0.15, -0.1) is 0 Å². The maximum absolute atomic E-state index is 13.9. The quantitative estimate of drug-likeness (QED) is 0.125. The Bertz CT molecular complexity index is 1690. The number of phenols is 1. The highest BCUT2D eigenvalue weighted by atomic mass is 127. The van der Waals surface area contributed by atoms with Crippen LogP contribution >= 0.6 is 22.6 Å². The van der Waals surface area contributed by atoms with E-state index in [-0.39, 0.29) is 47.3 Å². The number of ketones is 2. The van der Waals surface area contributed by atoms with E-state index in [0.717, 1.165) is 10.5 Å². The summed E-state index contributed by atoms with van der Waals surface area (Å²) < 4.78 is 5.87. The largest absolute Gasteiger partial charge is 0.504 e. The number of nitro benzene ring substituents is 1. The molecule has 0 bridgehead atoms. The van der Waals surface area contributed by atoms with Crippen molar-refractivity contribution in [2.45, 2.75) is 25.7 Å². The predicted octanol–water partition coefficient (Wildman–Crippen LogP) is 4.55. The number of benzene rings is 2. The summed E-state index contributed by atoms with van der Waals surface area (Å²) in [6.45, 7) is 1.58. The van der Waals surface area contributed by atoms with Gasteiger partial charge in [-0.25, -0.2) is 0 Å². The zero-order chi connectivity index (χ0) is 29.3. The lowest BCUT2D eigenvalue weighted by Crippen LogP contribution is -2.39. The molecule has 2 aromatic rings. The van der Waals surface area contributed by atoms with Gasteiger partial charge in [-0.1, -0.05) is 11.6 Å². The molecule has 2 aromatic carbocycles. The lowest BCUT2D eigenvalue weighted by Gasteiger charge is -2.42. The molecule has 3 aliphatic carbocycles. The van der Waals surface area contributed by atoms with Gasteiger partial charge in [-0.2, -0.15) is 0 Å². The standard InChI is InChI=1S/C30H23IN2O8/c1-13-9-22(34)26-20(27(13)35)12-19-17(24(26)14-10-21(31)28(36)23(11-14)41-2)7-8-18-25(19)30(38)32(29(18)37)15-3-5-16(6-4-15)33(39)40/h3-7,9-11,18-19,24-25,36H,8,12H2,1-2H3/t18-,19+,24-,25-/m0/s1. The van der Waals surface area contributed by atoms with Crippen molar-refractivity contribution >= 4 is 57.3 Å². The summed E-state index contributed by atoms with van der Waals surface area (Å²) in [7, 11) is 1.42. The second kappa shape index (κ2) is 9.75. The highest BCUT2D eigenvalue weighted by Crippen LogP contribution is 2.56. The van der Waals surface area contributed by atoms with Crippen molar-refractivity contribution in [1.29, 1.82) is 0 Å². The van der Waals surface area contributed by atoms with Crippen molar-refractivity contribution in [2.75, 3.05) is 12.0 Å². The molecule has 0 saturated carbocycles. The lowest BCUT2D eigenvalue weighted by atomic mass is 9.59. The number of anilines is 1. The van der Waals surface area contributed by atoms with Crippen LogP contribution in [0.2, 0.25) is 0 Å². The van der Waals surface area contributed by atoms with Gasteiger partial charge in [0.2, 0.25) is 11.8 Å². The number of rotatable bonds is 4. The van der Waals surface area contributed by atoms with E-state index in [1.54, 1.807) is 19.1 Å². The fourth-order valence-corrected chi connectivity index (χ4v) is 7.28. The van der Waals surface area contributed by atoms with Crippen molar-refractivity contribution in [2.24, 2.45) is 17.8 Å². The third-order valence-electron chi connectivity index (χ3n) is 8.48. The van der Waals surface area contributed by atoms with Crippen LogP contribution in [0.15, 0.2) is 70.8 Å². The van der Waals surface area contributed by atoms with Gasteiger partial charge in [0.25, 0.3) is 5.69 Å². The van der Waals surface area contributed by atoms with Gasteiger partial charge >= 0.3 is 0 Å². The maximum Gasteiger partial charge on any atom is 0.269 e. The molecule has 208 valence electrons. The summed E-state index contributed by atoms with van der Waals surface area (Å²) in [5.41, 5.74) is 2.47. The number of halogens is 1. The first kappa shape index (κ1) is 27.1. The Labute approximate surface area is 247 Å². The molecule has 10 nitrogen and oxygen atoms in total. The van der Waals surface area contributed by atoms with E-state index in [1.165, 1.54) is 37.5 Å². The van der Waals surface area contributed by atoms with Crippen LogP contribution in [0.3, 0.4) is 0 Å². The first-order valence-electron chi connectivity index (χ1n) is 12.9. The molecule has 4 atom stereocenters. The number of allylic oxidation sites excluding steroid dienone is 6. The number of carbonyl (C=O) groups excluding carboxylic acids is 4. The number of amides is 2. The number of phenolic OH excluding ortho intramolecular Hbond substituents is 1. The summed E-state index contributed by atoms with van der Waals surface area (Å²) in [6, 6.07) is 8.62. The highest BCUT2D eigenvalue weighted by molar-refractivity contribution is 14.1. The van der Waals surface area contributed by atoms with Crippen LogP contribution in [0.25, 0.3) is 0 Å². The Kier molecular flexibility index (Phi) is 6.44. The van der Waals surface area contributed by atoms with Crippen molar-refractivity contribution in [3.05, 3.63) is 90.1 Å². The minimum atomic E-state index is -0.776. The van der Waals surface area contributed by atoms with E-state index in [4.69, 9.17) is 4.74 Å². The molecule has 6 rings (SSSR count). The molecule has 1 aliphatic heterocycles. The van der Waals surface area contributed by atoms with Crippen LogP contribution in [0.5, 0.6) is 11.5 Å². The molecule has 1 saturated heterocycles. The maximum atomic E-state index is 13.9. The van der Waals surface area contributed by atoms with Crippen LogP contribution in [-0.2, 0) is 19.2 Å². The Balaban J connectivity index is 1.48. The number of nitrogens with zero attached hydrogens (tertiary/aromatic N) is 2. The van der Waals surface area contributed by atoms with E-state index >= 15 is 0 Å². The number of hydrogen-bond donors (Lipinski definition) is 1. The van der Waals surface area contributed by atoms with Crippen molar-refractivity contribution in [3.8, 4) is 11.5 Å². The molecule has 1 N–H and O–H groups in total. The second-order valence-electron chi connectivity index (χ2n) is 10.6. The molecule has 4 aliphatic rings. The summed E-state index contributed by atoms with van der Waals surface area (Å²) in [4.78, 5) is 66.0. The molecule has 41 heavy (non-hydrogen) atoms. The first-order chi connectivity index (χ1) is 19.5. The fourth-order valence-electron chi connectivity index (χ4n) is 6.66. The van der Waals surface area contributed by atoms with Gasteiger partial charge in [0, 0.05) is 34.8 Å². The smallest absolute Gasteiger partial charge is 0.269 e. The van der Waals surface area contributed by atoms with E-state index < -0.39 is 40.4 Å². The normalized spacial score (nSPS) is 25.4. The molecule has 0 unspecified atom stereocenters. The molecule has 2 amide bonds. The van der Waals surface area contributed by atoms with Gasteiger partial charge in [-0.05, 0) is 84.2 Å². The zero-order valence-corrected chi connectivity index (χ0v) is 24.1. The molecule has 0 aromatic heterocycles. The number of fused-ring (bicyclic) bond motifs is 3. The molecule has 0 spiro atoms. The second-order valence-corrected chi connectivity index (χ2v) is 11.7. The number of Topliss-reactive ketones (excluding diaryl/α,β-unsaturated/α-hetero) is 1. The monoisotopic (exact) mass is 666 g/mol. The average molecular weight is 666 g/mol. The van der Waals surface area contributed by atoms with E-state index in [9.17, 15) is 34.4 Å². The Morgan fingerprint density at radius 1 is 1.07 bits per heavy atom. The Morgan fingerprint density at radius 3 is 2.44 bits per heavy atom. The van der Waals surface area contributed by atoms with Gasteiger partial charge in [-0.3, -0.25) is 34.2 Å². The Hall–Kier alpha value is -4.13. The molecule has 1 fully saturated rings. The number of ether oxygens (including phenoxy) is 1. The molecular weight excluding hydrogens is 643 g/mol. The number of non-ortho nitro benzene ring substituents is 1. The van der Waals surface area contributed by atoms with Gasteiger partial charge < -0.3 is 9.84 Å². The molecular formula is C30H23IN2O8. The number of hydrogen-bond acceptors (Lipinski definition) is 8. The topological polar surface area (TPSA) is 144 Å². The minimum absolute atomic E-state index is 0.0480. The van der Waals surface area contributed by atoms with E-state index in [2.05, 4.69) is 0 Å². The average Bonchev–Trinajstić information content (AvgIpc) is 3.21. The summed E-state index contributed by atoms with van der Waals surface area (Å²) in [5.74, 6) is -3.88. The third-order valence-corrected chi connectivity index (χ3v) is 9.31. The number of carbonyl (C=O) groups is 4. The van der Waals surface area contributed by atoms with Crippen LogP contribution < -0.4 is 9.64 Å². The number of nitro groups is 1. The third kappa shape index (κ3) is 4.04. The number of imide groups is 1. The fraction of sp³-hybridized carbons (Fsp3) is 0.267.